The van der Waals surface area contributed by atoms with E-state index in [1.54, 1.807) is 9.13 Å². The summed E-state index contributed by atoms with van der Waals surface area (Å²) in [5, 5.41) is 0. The molecule has 0 spiro atoms. The third-order valence-corrected chi connectivity index (χ3v) is 8.00. The van der Waals surface area contributed by atoms with Crippen LogP contribution in [-0.2, 0) is 40.7 Å². The third-order valence-electron chi connectivity index (χ3n) is 8.00. The molecule has 6 nitrogen and oxygen atoms in total. The molecular formula is C44H50F4N2O4Ti. The summed E-state index contributed by atoms with van der Waals surface area (Å²) < 4.78 is 80.0. The zero-order valence-electron chi connectivity index (χ0n) is 32.8. The first-order valence-electron chi connectivity index (χ1n) is 17.9. The molecule has 11 heteroatoms. The van der Waals surface area contributed by atoms with Crippen molar-refractivity contribution in [3.05, 3.63) is 166 Å². The number of ether oxygens (including phenoxy) is 4. The SMILES string of the molecule is CCOC(OCC)c1cc(C)n(-c2ccc(F)[c-]c2F)c1C.CCOC(OCC)c1cc(C)n(-c2ccc(F)[c-]c2F)c1C.[Ti+4].c1cc[cH-]c1.c1cc[cH-]c1. The Kier molecular flexibility index (Phi) is 21.0. The largest absolute Gasteiger partial charge is 4.00 e. The van der Waals surface area contributed by atoms with E-state index in [1.165, 1.54) is 24.3 Å². The summed E-state index contributed by atoms with van der Waals surface area (Å²) in [6.45, 7) is 17.0. The van der Waals surface area contributed by atoms with Crippen LogP contribution in [0.3, 0.4) is 0 Å². The summed E-state index contributed by atoms with van der Waals surface area (Å²) in [6, 6.07) is 33.1. The smallest absolute Gasteiger partial charge is 0.369 e. The second-order valence-electron chi connectivity index (χ2n) is 11.7. The van der Waals surface area contributed by atoms with Crippen molar-refractivity contribution in [3.63, 3.8) is 0 Å². The maximum atomic E-state index is 14.0. The maximum absolute atomic E-state index is 14.0. The van der Waals surface area contributed by atoms with E-state index in [4.69, 9.17) is 18.9 Å². The van der Waals surface area contributed by atoms with Crippen molar-refractivity contribution in [2.24, 2.45) is 0 Å². The van der Waals surface area contributed by atoms with Crippen LogP contribution in [0.5, 0.6) is 0 Å². The van der Waals surface area contributed by atoms with Crippen LogP contribution in [0.2, 0.25) is 0 Å². The van der Waals surface area contributed by atoms with Gasteiger partial charge >= 0.3 is 21.7 Å². The maximum Gasteiger partial charge on any atom is 4.00 e. The number of aromatic nitrogens is 2. The molecule has 4 aromatic carbocycles. The number of nitrogens with zero attached hydrogens (tertiary/aromatic N) is 2. The Morgan fingerprint density at radius 2 is 0.855 bits per heavy atom. The van der Waals surface area contributed by atoms with Crippen LogP contribution in [0.15, 0.2) is 97.1 Å². The van der Waals surface area contributed by atoms with Crippen LogP contribution in [-0.4, -0.2) is 35.6 Å². The Morgan fingerprint density at radius 1 is 0.545 bits per heavy atom. The molecule has 0 atom stereocenters. The molecule has 6 rings (SSSR count). The van der Waals surface area contributed by atoms with Crippen LogP contribution in [0.1, 0.15) is 74.2 Å². The van der Waals surface area contributed by atoms with Crippen LogP contribution >= 0.6 is 0 Å². The molecule has 2 heterocycles. The average Bonchev–Trinajstić information content (AvgIpc) is 3.98. The van der Waals surface area contributed by atoms with Crippen molar-refractivity contribution in [1.29, 1.82) is 0 Å². The van der Waals surface area contributed by atoms with E-state index in [0.717, 1.165) is 33.9 Å². The van der Waals surface area contributed by atoms with Gasteiger partial charge in [0.05, 0.1) is 0 Å². The molecule has 0 aliphatic carbocycles. The molecule has 0 bridgehead atoms. The zero-order valence-corrected chi connectivity index (χ0v) is 34.3. The molecule has 0 unspecified atom stereocenters. The van der Waals surface area contributed by atoms with Gasteiger partial charge in [-0.25, -0.2) is 41.8 Å². The Balaban J connectivity index is 0.000000298. The molecule has 292 valence electrons. The second kappa shape index (κ2) is 24.5. The molecule has 0 amide bonds. The fourth-order valence-corrected chi connectivity index (χ4v) is 5.71. The van der Waals surface area contributed by atoms with Crippen LogP contribution < -0.4 is 0 Å². The minimum absolute atomic E-state index is 0. The summed E-state index contributed by atoms with van der Waals surface area (Å²) in [6.07, 6.45) is -0.995. The Morgan fingerprint density at radius 3 is 1.09 bits per heavy atom. The number of halogens is 4. The van der Waals surface area contributed by atoms with Gasteiger partial charge < -0.3 is 28.1 Å². The van der Waals surface area contributed by atoms with Crippen molar-refractivity contribution in [3.8, 4) is 11.4 Å². The van der Waals surface area contributed by atoms with Gasteiger partial charge in [-0.05, 0) is 78.9 Å². The van der Waals surface area contributed by atoms with Gasteiger partial charge in [-0.15, -0.1) is 36.4 Å². The first-order chi connectivity index (χ1) is 26.0. The number of benzene rings is 2. The molecule has 0 N–H and O–H groups in total. The van der Waals surface area contributed by atoms with E-state index < -0.39 is 35.8 Å². The van der Waals surface area contributed by atoms with E-state index >= 15 is 0 Å². The quantitative estimate of drug-likeness (QED) is 0.0536. The Labute approximate surface area is 338 Å². The van der Waals surface area contributed by atoms with Crippen molar-refractivity contribution < 1.29 is 58.2 Å². The average molecular weight is 795 g/mol. The van der Waals surface area contributed by atoms with Crippen LogP contribution in [0.25, 0.3) is 11.4 Å². The standard InChI is InChI=1S/2C17H20F2NO2.2C5H5.Ti/c2*1-5-21-17(22-6-2)14-9-11(3)20(12(14)4)16-8-7-13(18)10-15(16)19;2*1-2-4-5-3-1;/h2*7-9,17H,5-6H2,1-4H3;2*1-5H;/q4*-1;+4. The van der Waals surface area contributed by atoms with Gasteiger partial charge in [-0.1, -0.05) is 0 Å². The van der Waals surface area contributed by atoms with Crippen molar-refractivity contribution in [2.45, 2.75) is 68.0 Å². The normalized spacial score (nSPS) is 10.6. The predicted molar refractivity (Wildman–Crippen MR) is 204 cm³/mol. The minimum Gasteiger partial charge on any atom is -0.369 e. The molecule has 6 aromatic rings. The molecule has 0 saturated heterocycles. The van der Waals surface area contributed by atoms with Gasteiger partial charge in [0.2, 0.25) is 0 Å². The fourth-order valence-electron chi connectivity index (χ4n) is 5.71. The first kappa shape index (κ1) is 47.1. The fraction of sp³-hybridized carbons (Fsp3) is 0.318. The monoisotopic (exact) mass is 794 g/mol. The molecule has 0 aliphatic heterocycles. The van der Waals surface area contributed by atoms with E-state index in [1.807, 2.05) is 128 Å². The van der Waals surface area contributed by atoms with Gasteiger partial charge in [-0.2, -0.15) is 36.4 Å². The third kappa shape index (κ3) is 13.6. The van der Waals surface area contributed by atoms with E-state index in [0.29, 0.717) is 26.4 Å². The van der Waals surface area contributed by atoms with Gasteiger partial charge in [0.25, 0.3) is 0 Å². The van der Waals surface area contributed by atoms with Gasteiger partial charge in [0.15, 0.2) is 12.6 Å². The molecule has 0 fully saturated rings. The molecule has 0 radical (unpaired) electrons. The number of hydrogen-bond donors (Lipinski definition) is 0. The van der Waals surface area contributed by atoms with Gasteiger partial charge in [0, 0.05) is 83.6 Å². The van der Waals surface area contributed by atoms with Crippen molar-refractivity contribution in [2.75, 3.05) is 26.4 Å². The van der Waals surface area contributed by atoms with E-state index in [-0.39, 0.29) is 33.1 Å². The molecular weight excluding hydrogens is 744 g/mol. The van der Waals surface area contributed by atoms with Gasteiger partial charge in [0.1, 0.15) is 0 Å². The summed E-state index contributed by atoms with van der Waals surface area (Å²) in [7, 11) is 0. The number of hydrogen-bond acceptors (Lipinski definition) is 4. The number of aryl methyl sites for hydroxylation is 2. The second-order valence-corrected chi connectivity index (χ2v) is 11.7. The molecule has 0 saturated carbocycles. The molecule has 0 aliphatic rings. The van der Waals surface area contributed by atoms with E-state index in [9.17, 15) is 17.6 Å². The Hall–Kier alpha value is -4.03. The van der Waals surface area contributed by atoms with Crippen molar-refractivity contribution in [1.82, 2.24) is 9.13 Å². The molecule has 2 aromatic heterocycles. The zero-order chi connectivity index (χ0) is 39.6. The number of rotatable bonds is 12. The topological polar surface area (TPSA) is 46.8 Å². The van der Waals surface area contributed by atoms with E-state index in [2.05, 4.69) is 12.1 Å². The van der Waals surface area contributed by atoms with Gasteiger partial charge in [-0.3, -0.25) is 0 Å². The summed E-state index contributed by atoms with van der Waals surface area (Å²) in [5.41, 5.74) is 5.41. The van der Waals surface area contributed by atoms with Crippen LogP contribution in [0, 0.1) is 63.1 Å². The summed E-state index contributed by atoms with van der Waals surface area (Å²) >= 11 is 0. The summed E-state index contributed by atoms with van der Waals surface area (Å²) in [4.78, 5) is 0. The molecule has 55 heavy (non-hydrogen) atoms. The summed E-state index contributed by atoms with van der Waals surface area (Å²) in [5.74, 6) is -2.88. The van der Waals surface area contributed by atoms with Crippen molar-refractivity contribution >= 4 is 0 Å². The first-order valence-corrected chi connectivity index (χ1v) is 17.9. The predicted octanol–water partition coefficient (Wildman–Crippen LogP) is 11.3. The van der Waals surface area contributed by atoms with Crippen LogP contribution in [0.4, 0.5) is 17.6 Å². The minimum atomic E-state index is -0.724. The Bertz CT molecular complexity index is 1750.